The molecule has 2 N–H and O–H groups in total. The molecule has 1 aliphatic carbocycles. The van der Waals surface area contributed by atoms with Crippen LogP contribution in [0.1, 0.15) is 52.0 Å². The van der Waals surface area contributed by atoms with E-state index in [2.05, 4.69) is 4.98 Å². The molecule has 2 atom stereocenters. The fraction of sp³-hybridized carbons (Fsp3) is 0.375. The van der Waals surface area contributed by atoms with Crippen LogP contribution >= 0.6 is 11.6 Å². The van der Waals surface area contributed by atoms with Gasteiger partial charge in [0.1, 0.15) is 17.4 Å². The summed E-state index contributed by atoms with van der Waals surface area (Å²) in [6, 6.07) is 12.4. The molecular formula is C32H33ClFN5O4. The normalized spacial score (nSPS) is 19.2. The van der Waals surface area contributed by atoms with Crippen molar-refractivity contribution in [2.45, 2.75) is 58.5 Å². The molecule has 0 bridgehead atoms. The molecule has 0 radical (unpaired) electrons. The van der Waals surface area contributed by atoms with Crippen molar-refractivity contribution in [3.63, 3.8) is 0 Å². The lowest BCUT2D eigenvalue weighted by atomic mass is 9.80. The number of hydrogen-bond acceptors (Lipinski definition) is 6. The van der Waals surface area contributed by atoms with Crippen molar-refractivity contribution in [1.29, 1.82) is 0 Å². The molecule has 3 heterocycles. The van der Waals surface area contributed by atoms with E-state index in [1.165, 1.54) is 27.7 Å². The molecule has 1 unspecified atom stereocenters. The van der Waals surface area contributed by atoms with Gasteiger partial charge < -0.3 is 20.0 Å². The summed E-state index contributed by atoms with van der Waals surface area (Å²) in [5.41, 5.74) is 0.668. The average molecular weight is 606 g/mol. The molecule has 9 nitrogen and oxygen atoms in total. The van der Waals surface area contributed by atoms with Crippen LogP contribution in [0.5, 0.6) is 5.75 Å². The lowest BCUT2D eigenvalue weighted by molar-refractivity contribution is 0.0562. The minimum atomic E-state index is -1.00. The highest BCUT2D eigenvalue weighted by molar-refractivity contribution is 6.34. The van der Waals surface area contributed by atoms with E-state index in [4.69, 9.17) is 16.6 Å². The number of carbonyl (C=O) groups is 1. The smallest absolute Gasteiger partial charge is 0.407 e. The topological polar surface area (TPSA) is 112 Å². The Bertz CT molecular complexity index is 1800. The number of halogens is 2. The van der Waals surface area contributed by atoms with Crippen LogP contribution in [0.25, 0.3) is 28.0 Å². The molecule has 1 saturated carbocycles. The number of anilines is 1. The molecule has 6 rings (SSSR count). The van der Waals surface area contributed by atoms with Crippen LogP contribution in [-0.4, -0.2) is 60.9 Å². The minimum absolute atomic E-state index is 0.00437. The van der Waals surface area contributed by atoms with Crippen molar-refractivity contribution in [3.8, 4) is 22.7 Å². The van der Waals surface area contributed by atoms with Crippen LogP contribution in [0.3, 0.4) is 0 Å². The van der Waals surface area contributed by atoms with Crippen molar-refractivity contribution in [2.75, 3.05) is 18.0 Å². The second kappa shape index (κ2) is 10.5. The zero-order valence-corrected chi connectivity index (χ0v) is 25.1. The minimum Gasteiger partial charge on any atom is -0.507 e. The summed E-state index contributed by atoms with van der Waals surface area (Å²) in [5, 5.41) is 21.1. The van der Waals surface area contributed by atoms with Gasteiger partial charge >= 0.3 is 11.8 Å². The largest absolute Gasteiger partial charge is 0.507 e. The first-order valence-corrected chi connectivity index (χ1v) is 14.7. The average Bonchev–Trinajstić information content (AvgIpc) is 3.78. The quantitative estimate of drug-likeness (QED) is 0.276. The predicted molar refractivity (Wildman–Crippen MR) is 164 cm³/mol. The van der Waals surface area contributed by atoms with Crippen LogP contribution in [0.15, 0.2) is 53.3 Å². The number of rotatable bonds is 4. The lowest BCUT2D eigenvalue weighted by Crippen LogP contribution is -2.64. The van der Waals surface area contributed by atoms with Gasteiger partial charge in [-0.1, -0.05) is 56.6 Å². The summed E-state index contributed by atoms with van der Waals surface area (Å²) in [5.74, 6) is -0.411. The number of pyridine rings is 1. The number of nitrogens with zero attached hydrogens (tertiary/aromatic N) is 5. The maximum Gasteiger partial charge on any atom is 0.407 e. The molecule has 11 heteroatoms. The van der Waals surface area contributed by atoms with Gasteiger partial charge in [-0.2, -0.15) is 4.98 Å². The van der Waals surface area contributed by atoms with E-state index in [0.29, 0.717) is 22.8 Å². The van der Waals surface area contributed by atoms with Crippen molar-refractivity contribution < 1.29 is 19.4 Å². The molecule has 1 saturated heterocycles. The van der Waals surface area contributed by atoms with E-state index in [0.717, 1.165) is 18.4 Å². The fourth-order valence-electron chi connectivity index (χ4n) is 6.59. The van der Waals surface area contributed by atoms with Gasteiger partial charge in [0, 0.05) is 19.1 Å². The highest BCUT2D eigenvalue weighted by Gasteiger charge is 2.44. The molecule has 0 spiro atoms. The van der Waals surface area contributed by atoms with Crippen LogP contribution in [0.2, 0.25) is 5.02 Å². The molecule has 224 valence electrons. The summed E-state index contributed by atoms with van der Waals surface area (Å²) in [6.07, 6.45) is 1.00. The first-order valence-electron chi connectivity index (χ1n) is 14.3. The first-order chi connectivity index (χ1) is 20.4. The van der Waals surface area contributed by atoms with Crippen molar-refractivity contribution in [2.24, 2.45) is 5.41 Å². The van der Waals surface area contributed by atoms with Gasteiger partial charge in [-0.3, -0.25) is 0 Å². The van der Waals surface area contributed by atoms with Crippen LogP contribution in [-0.2, 0) is 0 Å². The molecule has 2 aromatic heterocycles. The van der Waals surface area contributed by atoms with Crippen LogP contribution < -0.4 is 10.6 Å². The van der Waals surface area contributed by atoms with E-state index >= 15 is 4.39 Å². The van der Waals surface area contributed by atoms with Gasteiger partial charge in [0.05, 0.1) is 33.4 Å². The van der Waals surface area contributed by atoms with Crippen molar-refractivity contribution >= 4 is 34.5 Å². The number of carboxylic acid groups (broad SMARTS) is 1. The number of hydrogen-bond donors (Lipinski definition) is 2. The lowest BCUT2D eigenvalue weighted by Gasteiger charge is -2.51. The Morgan fingerprint density at radius 1 is 1.07 bits per heavy atom. The summed E-state index contributed by atoms with van der Waals surface area (Å²) in [4.78, 5) is 39.0. The number of benzene rings is 2. The second-order valence-corrected chi connectivity index (χ2v) is 12.8. The number of aromatic hydroxyl groups is 1. The zero-order valence-electron chi connectivity index (χ0n) is 24.4. The summed E-state index contributed by atoms with van der Waals surface area (Å²) in [7, 11) is 0. The van der Waals surface area contributed by atoms with Gasteiger partial charge in [-0.05, 0) is 60.9 Å². The third kappa shape index (κ3) is 4.97. The Morgan fingerprint density at radius 2 is 1.79 bits per heavy atom. The molecule has 4 aromatic rings. The summed E-state index contributed by atoms with van der Waals surface area (Å²) >= 11 is 6.76. The Kier molecular flexibility index (Phi) is 7.07. The Morgan fingerprint density at radius 3 is 2.44 bits per heavy atom. The fourth-order valence-corrected chi connectivity index (χ4v) is 6.83. The highest BCUT2D eigenvalue weighted by atomic mass is 35.5. The highest BCUT2D eigenvalue weighted by Crippen LogP contribution is 2.44. The summed E-state index contributed by atoms with van der Waals surface area (Å²) < 4.78 is 16.5. The predicted octanol–water partition coefficient (Wildman–Crippen LogP) is 6.43. The van der Waals surface area contributed by atoms with Crippen molar-refractivity contribution in [3.05, 3.63) is 75.4 Å². The van der Waals surface area contributed by atoms with Crippen LogP contribution in [0.4, 0.5) is 15.0 Å². The van der Waals surface area contributed by atoms with E-state index < -0.39 is 29.1 Å². The monoisotopic (exact) mass is 605 g/mol. The second-order valence-electron chi connectivity index (χ2n) is 12.4. The standard InChI is InChI=1S/C32H33ClFN5O4/c1-17-27(32(2,3)4)38(31(42)43)15-14-37(17)28-20-16-21(33)26(25-22(34)9-7-11-24(25)40)35-29(20)39(30(41)36-28)23-10-6-5-8-19(23)18-12-13-18/h5-11,16-18,27,40H,12-15H2,1-4H3,(H,42,43)/t17-,27?/m0/s1. The molecule has 1 aliphatic heterocycles. The van der Waals surface area contributed by atoms with Gasteiger partial charge in [0.25, 0.3) is 0 Å². The Hall–Kier alpha value is -4.18. The van der Waals surface area contributed by atoms with E-state index in [1.807, 2.05) is 56.9 Å². The molecular weight excluding hydrogens is 573 g/mol. The summed E-state index contributed by atoms with van der Waals surface area (Å²) in [6.45, 7) is 8.37. The van der Waals surface area contributed by atoms with E-state index in [-0.39, 0.29) is 46.8 Å². The number of piperazine rings is 1. The maximum absolute atomic E-state index is 15.1. The number of amides is 1. The third-order valence-corrected chi connectivity index (χ3v) is 8.78. The number of phenolic OH excluding ortho intramolecular Hbond substituents is 1. The molecule has 43 heavy (non-hydrogen) atoms. The van der Waals surface area contributed by atoms with Gasteiger partial charge in [0.15, 0.2) is 5.65 Å². The number of aromatic nitrogens is 3. The van der Waals surface area contributed by atoms with Gasteiger partial charge in [-0.25, -0.2) is 23.5 Å². The van der Waals surface area contributed by atoms with Crippen LogP contribution in [0, 0.1) is 11.2 Å². The van der Waals surface area contributed by atoms with Gasteiger partial charge in [-0.15, -0.1) is 0 Å². The molecule has 2 aromatic carbocycles. The zero-order chi connectivity index (χ0) is 30.8. The number of fused-ring (bicyclic) bond motifs is 1. The third-order valence-electron chi connectivity index (χ3n) is 8.50. The first kappa shape index (κ1) is 28.9. The number of phenols is 1. The Labute approximate surface area is 253 Å². The SMILES string of the molecule is C[C@H]1C(C(C)(C)C)N(C(=O)O)CCN1c1nc(=O)n(-c2ccccc2C2CC2)c2nc(-c3c(O)cccc3F)c(Cl)cc12. The van der Waals surface area contributed by atoms with Crippen molar-refractivity contribution in [1.82, 2.24) is 19.4 Å². The van der Waals surface area contributed by atoms with E-state index in [9.17, 15) is 19.8 Å². The number of para-hydroxylation sites is 1. The van der Waals surface area contributed by atoms with Gasteiger partial charge in [0.2, 0.25) is 0 Å². The molecule has 1 amide bonds. The molecule has 2 fully saturated rings. The maximum atomic E-state index is 15.1. The molecule has 2 aliphatic rings. The van der Waals surface area contributed by atoms with E-state index in [1.54, 1.807) is 6.07 Å². The Balaban J connectivity index is 1.64.